The van der Waals surface area contributed by atoms with Crippen LogP contribution in [-0.2, 0) is 6.54 Å². The molecule has 1 saturated heterocycles. The number of nitrogens with one attached hydrogen (secondary N) is 1. The molecule has 8 nitrogen and oxygen atoms in total. The zero-order valence-corrected chi connectivity index (χ0v) is 20.4. The molecule has 35 heavy (non-hydrogen) atoms. The van der Waals surface area contributed by atoms with Crippen molar-refractivity contribution in [3.8, 4) is 17.4 Å². The van der Waals surface area contributed by atoms with Gasteiger partial charge in [-0.1, -0.05) is 12.1 Å². The van der Waals surface area contributed by atoms with Gasteiger partial charge >= 0.3 is 0 Å². The normalized spacial score (nSPS) is 14.9. The van der Waals surface area contributed by atoms with Crippen LogP contribution in [0.4, 0.5) is 5.69 Å². The molecule has 2 N–H and O–H groups in total. The number of hydrogen-bond acceptors (Lipinski definition) is 6. The van der Waals surface area contributed by atoms with Gasteiger partial charge in [0.1, 0.15) is 0 Å². The van der Waals surface area contributed by atoms with Crippen molar-refractivity contribution in [2.45, 2.75) is 25.4 Å². The van der Waals surface area contributed by atoms with E-state index in [0.29, 0.717) is 17.4 Å². The van der Waals surface area contributed by atoms with E-state index < -0.39 is 0 Å². The molecule has 1 atom stereocenters. The lowest BCUT2D eigenvalue weighted by atomic mass is 10.0. The molecule has 0 bridgehead atoms. The molecule has 0 saturated carbocycles. The van der Waals surface area contributed by atoms with Gasteiger partial charge in [0, 0.05) is 67.8 Å². The molecule has 0 radical (unpaired) electrons. The van der Waals surface area contributed by atoms with E-state index in [2.05, 4.69) is 38.1 Å². The molecule has 4 aromatic rings. The van der Waals surface area contributed by atoms with Gasteiger partial charge in [-0.25, -0.2) is 4.98 Å². The lowest BCUT2D eigenvalue weighted by Gasteiger charge is -2.30. The van der Waals surface area contributed by atoms with Gasteiger partial charge in [0.15, 0.2) is 17.4 Å². The first kappa shape index (κ1) is 23.1. The molecular formula is C27H33N5O3. The van der Waals surface area contributed by atoms with E-state index in [0.717, 1.165) is 61.9 Å². The summed E-state index contributed by atoms with van der Waals surface area (Å²) in [5, 5.41) is 16.8. The van der Waals surface area contributed by atoms with E-state index in [1.54, 1.807) is 20.4 Å². The molecular weight excluding hydrogens is 442 g/mol. The number of imidazole rings is 1. The van der Waals surface area contributed by atoms with Crippen molar-refractivity contribution in [3.05, 3.63) is 66.9 Å². The van der Waals surface area contributed by atoms with Gasteiger partial charge in [-0.05, 0) is 42.7 Å². The Kier molecular flexibility index (Phi) is 6.81. The first-order valence-electron chi connectivity index (χ1n) is 12.2. The second-order valence-corrected chi connectivity index (χ2v) is 8.91. The number of aryl methyl sites for hydroxylation is 1. The van der Waals surface area contributed by atoms with E-state index >= 15 is 0 Å². The fourth-order valence-corrected chi connectivity index (χ4v) is 5.05. The second-order valence-electron chi connectivity index (χ2n) is 8.91. The van der Waals surface area contributed by atoms with Crippen LogP contribution in [0.1, 0.15) is 24.4 Å². The number of benzene rings is 2. The molecule has 0 unspecified atom stereocenters. The summed E-state index contributed by atoms with van der Waals surface area (Å²) in [6.45, 7) is 4.69. The molecule has 2 aromatic carbocycles. The highest BCUT2D eigenvalue weighted by Gasteiger charge is 2.23. The van der Waals surface area contributed by atoms with Crippen LogP contribution in [0.15, 0.2) is 61.3 Å². The third-order valence-electron chi connectivity index (χ3n) is 6.88. The van der Waals surface area contributed by atoms with Crippen molar-refractivity contribution < 1.29 is 14.6 Å². The van der Waals surface area contributed by atoms with Gasteiger partial charge in [-0.2, -0.15) is 0 Å². The van der Waals surface area contributed by atoms with E-state index in [1.807, 2.05) is 41.4 Å². The van der Waals surface area contributed by atoms with Crippen molar-refractivity contribution in [3.63, 3.8) is 0 Å². The minimum atomic E-state index is -0.0680. The zero-order valence-electron chi connectivity index (χ0n) is 20.4. The maximum Gasteiger partial charge on any atom is 0.199 e. The number of nitrogens with zero attached hydrogens (tertiary/aromatic N) is 4. The van der Waals surface area contributed by atoms with Crippen LogP contribution in [0.5, 0.6) is 17.4 Å². The van der Waals surface area contributed by atoms with Crippen LogP contribution < -0.4 is 19.7 Å². The Hall–Kier alpha value is -3.65. The fraction of sp³-hybridized carbons (Fsp3) is 0.370. The van der Waals surface area contributed by atoms with Crippen molar-refractivity contribution in [1.82, 2.24) is 19.4 Å². The largest absolute Gasteiger partial charge is 0.494 e. The van der Waals surface area contributed by atoms with Gasteiger partial charge in [-0.3, -0.25) is 0 Å². The molecule has 1 aliphatic rings. The number of rotatable bonds is 9. The summed E-state index contributed by atoms with van der Waals surface area (Å²) in [4.78, 5) is 6.55. The second kappa shape index (κ2) is 10.3. The molecule has 0 spiro atoms. The highest BCUT2D eigenvalue weighted by atomic mass is 16.5. The number of fused-ring (bicyclic) bond motifs is 1. The summed E-state index contributed by atoms with van der Waals surface area (Å²) in [6.07, 6.45) is 9.49. The van der Waals surface area contributed by atoms with Gasteiger partial charge in [0.2, 0.25) is 0 Å². The van der Waals surface area contributed by atoms with E-state index in [-0.39, 0.29) is 6.04 Å². The summed E-state index contributed by atoms with van der Waals surface area (Å²) in [5.41, 5.74) is 2.23. The molecule has 184 valence electrons. The number of anilines is 1. The van der Waals surface area contributed by atoms with Gasteiger partial charge in [-0.15, -0.1) is 0 Å². The molecule has 5 rings (SSSR count). The Morgan fingerprint density at radius 3 is 2.63 bits per heavy atom. The van der Waals surface area contributed by atoms with Crippen LogP contribution >= 0.6 is 0 Å². The summed E-state index contributed by atoms with van der Waals surface area (Å²) in [7, 11) is 3.29. The number of aromatic nitrogens is 3. The Morgan fingerprint density at radius 2 is 1.89 bits per heavy atom. The van der Waals surface area contributed by atoms with E-state index in [1.165, 1.54) is 5.69 Å². The van der Waals surface area contributed by atoms with Crippen LogP contribution in [0, 0.1) is 0 Å². The van der Waals surface area contributed by atoms with Gasteiger partial charge < -0.3 is 33.9 Å². The summed E-state index contributed by atoms with van der Waals surface area (Å²) in [5.74, 6) is 1.66. The van der Waals surface area contributed by atoms with Crippen molar-refractivity contribution in [2.75, 3.05) is 45.3 Å². The first-order valence-corrected chi connectivity index (χ1v) is 12.2. The Morgan fingerprint density at radius 1 is 1.06 bits per heavy atom. The van der Waals surface area contributed by atoms with E-state index in [4.69, 9.17) is 9.47 Å². The van der Waals surface area contributed by atoms with Crippen LogP contribution in [-0.4, -0.2) is 59.6 Å². The predicted octanol–water partition coefficient (Wildman–Crippen LogP) is 4.04. The average molecular weight is 476 g/mol. The lowest BCUT2D eigenvalue weighted by Crippen LogP contribution is -2.43. The lowest BCUT2D eigenvalue weighted by molar-refractivity contribution is 0.352. The zero-order chi connectivity index (χ0) is 24.2. The number of ether oxygens (including phenoxy) is 2. The summed E-state index contributed by atoms with van der Waals surface area (Å²) >= 11 is 0. The highest BCUT2D eigenvalue weighted by molar-refractivity contribution is 5.98. The third-order valence-corrected chi connectivity index (χ3v) is 6.88. The molecule has 8 heteroatoms. The average Bonchev–Trinajstić information content (AvgIpc) is 3.55. The molecule has 1 aliphatic heterocycles. The maximum absolute atomic E-state index is 11.4. The topological polar surface area (TPSA) is 76.7 Å². The predicted molar refractivity (Wildman–Crippen MR) is 138 cm³/mol. The Balaban J connectivity index is 1.54. The Labute approximate surface area is 205 Å². The molecule has 1 fully saturated rings. The first-order chi connectivity index (χ1) is 17.2. The molecule has 2 aromatic heterocycles. The number of aromatic hydroxyl groups is 1. The maximum atomic E-state index is 11.4. The highest BCUT2D eigenvalue weighted by Crippen LogP contribution is 2.40. The quantitative estimate of drug-likeness (QED) is 0.381. The Bertz CT molecular complexity index is 1260. The molecule has 0 amide bonds. The fourth-order valence-electron chi connectivity index (χ4n) is 5.05. The van der Waals surface area contributed by atoms with Crippen molar-refractivity contribution >= 4 is 16.5 Å². The minimum absolute atomic E-state index is 0.0680. The van der Waals surface area contributed by atoms with Gasteiger partial charge in [0.05, 0.1) is 26.6 Å². The number of methoxy groups -OCH3 is 2. The number of piperazine rings is 1. The SMILES string of the molecule is COc1ccc([C@@H](CCCn2ccnc2)n2cc3c(N4CCNCC4)cccc3c2O)cc1OC. The van der Waals surface area contributed by atoms with Crippen LogP contribution in [0.3, 0.4) is 0 Å². The van der Waals surface area contributed by atoms with Crippen molar-refractivity contribution in [1.29, 1.82) is 0 Å². The molecule has 0 aliphatic carbocycles. The monoisotopic (exact) mass is 475 g/mol. The standard InChI is InChI=1S/C27H33N5O3/c1-34-25-9-8-20(17-26(25)35-2)23(7-4-13-30-14-10-29-19-30)32-18-22-21(27(32)33)5-3-6-24(22)31-15-11-28-12-16-31/h3,5-6,8-10,14,17-19,23,28,33H,4,7,11-13,15-16H2,1-2H3/t23-/m1/s1. The summed E-state index contributed by atoms with van der Waals surface area (Å²) < 4.78 is 15.2. The van der Waals surface area contributed by atoms with Crippen molar-refractivity contribution in [2.24, 2.45) is 0 Å². The molecule has 3 heterocycles. The van der Waals surface area contributed by atoms with Gasteiger partial charge in [0.25, 0.3) is 0 Å². The van der Waals surface area contributed by atoms with Crippen LogP contribution in [0.2, 0.25) is 0 Å². The summed E-state index contributed by atoms with van der Waals surface area (Å²) in [6, 6.07) is 12.1. The van der Waals surface area contributed by atoms with E-state index in [9.17, 15) is 5.11 Å². The van der Waals surface area contributed by atoms with Crippen LogP contribution in [0.25, 0.3) is 10.8 Å². The smallest absolute Gasteiger partial charge is 0.199 e. The number of hydrogen-bond donors (Lipinski definition) is 2. The third kappa shape index (κ3) is 4.66. The minimum Gasteiger partial charge on any atom is -0.494 e.